The molecule has 0 aliphatic carbocycles. The van der Waals surface area contributed by atoms with E-state index >= 15 is 0 Å². The number of aliphatic carboxylic acids is 2. The Morgan fingerprint density at radius 3 is 2.52 bits per heavy atom. The van der Waals surface area contributed by atoms with Gasteiger partial charge in [0.2, 0.25) is 0 Å². The number of benzene rings is 1. The van der Waals surface area contributed by atoms with Crippen molar-refractivity contribution < 1.29 is 24.3 Å². The van der Waals surface area contributed by atoms with Gasteiger partial charge in [0.05, 0.1) is 18.8 Å². The van der Waals surface area contributed by atoms with E-state index in [1.807, 2.05) is 37.3 Å². The first-order valence-corrected chi connectivity index (χ1v) is 8.13. The van der Waals surface area contributed by atoms with Gasteiger partial charge in [-0.25, -0.2) is 9.59 Å². The lowest BCUT2D eigenvalue weighted by atomic mass is 10.1. The molecular formula is C18H20N4O5. The van der Waals surface area contributed by atoms with Gasteiger partial charge < -0.3 is 25.4 Å². The van der Waals surface area contributed by atoms with Crippen LogP contribution in [0.25, 0.3) is 11.3 Å². The third kappa shape index (κ3) is 6.65. The van der Waals surface area contributed by atoms with Gasteiger partial charge in [-0.3, -0.25) is 4.99 Å². The highest BCUT2D eigenvalue weighted by Crippen LogP contribution is 2.28. The highest BCUT2D eigenvalue weighted by atomic mass is 16.5. The maximum Gasteiger partial charge on any atom is 0.328 e. The molecule has 1 aromatic heterocycles. The summed E-state index contributed by atoms with van der Waals surface area (Å²) in [5.41, 5.74) is 2.92. The lowest BCUT2D eigenvalue weighted by Crippen LogP contribution is -2.26. The Bertz CT molecular complexity index is 841. The van der Waals surface area contributed by atoms with Crippen LogP contribution in [0.1, 0.15) is 5.69 Å². The molecule has 142 valence electrons. The predicted octanol–water partition coefficient (Wildman–Crippen LogP) is 1.78. The fourth-order valence-corrected chi connectivity index (χ4v) is 2.23. The van der Waals surface area contributed by atoms with Crippen LogP contribution in [0.5, 0.6) is 0 Å². The van der Waals surface area contributed by atoms with Crippen LogP contribution in [0.4, 0.5) is 5.69 Å². The molecule has 1 aliphatic rings. The number of aryl methyl sites for hydroxylation is 1. The Morgan fingerprint density at radius 2 is 1.96 bits per heavy atom. The predicted molar refractivity (Wildman–Crippen MR) is 99.9 cm³/mol. The molecule has 0 unspecified atom stereocenters. The minimum Gasteiger partial charge on any atom is -0.478 e. The van der Waals surface area contributed by atoms with Gasteiger partial charge in [0, 0.05) is 36.0 Å². The Kier molecular flexibility index (Phi) is 7.12. The van der Waals surface area contributed by atoms with E-state index in [-0.39, 0.29) is 0 Å². The number of amidine groups is 1. The van der Waals surface area contributed by atoms with Crippen molar-refractivity contribution in [1.29, 1.82) is 0 Å². The van der Waals surface area contributed by atoms with Crippen LogP contribution < -0.4 is 10.6 Å². The minimum absolute atomic E-state index is 0.558. The topological polar surface area (TPSA) is 137 Å². The maximum absolute atomic E-state index is 9.55. The molecule has 0 fully saturated rings. The Morgan fingerprint density at radius 1 is 1.26 bits per heavy atom. The number of anilines is 1. The standard InChI is InChI=1S/C14H16N4O.C4H4O4/c1-10-8-13(19-18-10)11-4-2-3-5-12(11)17-9-14-15-6-7-16-14;5-3(6)1-2-4(7)8/h2-5,8,17H,6-7,9H2,1H3,(H,15,16);1-2H,(H,5,6)(H,7,8)/b;2-1+. The summed E-state index contributed by atoms with van der Waals surface area (Å²) in [5, 5.41) is 26.2. The number of nitrogens with zero attached hydrogens (tertiary/aromatic N) is 2. The Labute approximate surface area is 155 Å². The van der Waals surface area contributed by atoms with Crippen LogP contribution in [-0.2, 0) is 9.59 Å². The molecule has 0 atom stereocenters. The van der Waals surface area contributed by atoms with Crippen LogP contribution in [0.2, 0.25) is 0 Å². The third-order valence-electron chi connectivity index (χ3n) is 3.38. The van der Waals surface area contributed by atoms with Gasteiger partial charge in [-0.05, 0) is 19.1 Å². The average molecular weight is 372 g/mol. The molecule has 3 rings (SSSR count). The molecule has 4 N–H and O–H groups in total. The fraction of sp³-hybridized carbons (Fsp3) is 0.222. The summed E-state index contributed by atoms with van der Waals surface area (Å²) in [6, 6.07) is 9.98. The first-order chi connectivity index (χ1) is 13.0. The molecule has 0 spiro atoms. The molecule has 1 aromatic carbocycles. The Hall–Kier alpha value is -3.62. The monoisotopic (exact) mass is 372 g/mol. The van der Waals surface area contributed by atoms with Gasteiger partial charge in [-0.1, -0.05) is 17.3 Å². The SMILES string of the molecule is Cc1cc(-c2ccccc2NCC2=NCCN2)on1.O=C(O)/C=C/C(=O)O. The number of para-hydroxylation sites is 1. The largest absolute Gasteiger partial charge is 0.478 e. The van der Waals surface area contributed by atoms with E-state index in [4.69, 9.17) is 14.7 Å². The first kappa shape index (κ1) is 19.7. The third-order valence-corrected chi connectivity index (χ3v) is 3.38. The van der Waals surface area contributed by atoms with Gasteiger partial charge in [-0.15, -0.1) is 0 Å². The summed E-state index contributed by atoms with van der Waals surface area (Å²) in [7, 11) is 0. The van der Waals surface area contributed by atoms with Crippen LogP contribution >= 0.6 is 0 Å². The maximum atomic E-state index is 9.55. The zero-order valence-corrected chi connectivity index (χ0v) is 14.7. The fourth-order valence-electron chi connectivity index (χ4n) is 2.23. The van der Waals surface area contributed by atoms with E-state index in [2.05, 4.69) is 20.8 Å². The molecular weight excluding hydrogens is 352 g/mol. The van der Waals surface area contributed by atoms with Gasteiger partial charge in [0.15, 0.2) is 5.76 Å². The van der Waals surface area contributed by atoms with Crippen molar-refractivity contribution in [2.75, 3.05) is 25.0 Å². The zero-order valence-electron chi connectivity index (χ0n) is 14.7. The second kappa shape index (κ2) is 9.76. The number of carboxylic acid groups (broad SMARTS) is 2. The van der Waals surface area contributed by atoms with Crippen molar-refractivity contribution in [2.24, 2.45) is 4.99 Å². The van der Waals surface area contributed by atoms with Crippen LogP contribution in [-0.4, -0.2) is 52.8 Å². The highest BCUT2D eigenvalue weighted by Gasteiger charge is 2.10. The quantitative estimate of drug-likeness (QED) is 0.563. The van der Waals surface area contributed by atoms with Crippen molar-refractivity contribution in [3.8, 4) is 11.3 Å². The molecule has 9 nitrogen and oxygen atoms in total. The molecule has 1 aliphatic heterocycles. The molecule has 0 bridgehead atoms. The molecule has 0 radical (unpaired) electrons. The van der Waals surface area contributed by atoms with Gasteiger partial charge in [-0.2, -0.15) is 0 Å². The lowest BCUT2D eigenvalue weighted by Gasteiger charge is -2.10. The van der Waals surface area contributed by atoms with Crippen molar-refractivity contribution in [3.63, 3.8) is 0 Å². The van der Waals surface area contributed by atoms with E-state index in [9.17, 15) is 9.59 Å². The average Bonchev–Trinajstić information content (AvgIpc) is 3.30. The second-order valence-electron chi connectivity index (χ2n) is 5.50. The van der Waals surface area contributed by atoms with E-state index in [0.717, 1.165) is 41.6 Å². The van der Waals surface area contributed by atoms with Gasteiger partial charge in [0.25, 0.3) is 0 Å². The first-order valence-electron chi connectivity index (χ1n) is 8.13. The number of aliphatic imine (C=N–C) groups is 1. The van der Waals surface area contributed by atoms with Crippen LogP contribution in [0, 0.1) is 6.92 Å². The number of carboxylic acids is 2. The molecule has 9 heteroatoms. The van der Waals surface area contributed by atoms with Crippen molar-refractivity contribution >= 4 is 23.5 Å². The number of aromatic nitrogens is 1. The zero-order chi connectivity index (χ0) is 19.6. The molecule has 2 heterocycles. The summed E-state index contributed by atoms with van der Waals surface area (Å²) >= 11 is 0. The summed E-state index contributed by atoms with van der Waals surface area (Å²) in [4.78, 5) is 23.5. The van der Waals surface area contributed by atoms with Crippen LogP contribution in [0.15, 0.2) is 52.0 Å². The molecule has 27 heavy (non-hydrogen) atoms. The summed E-state index contributed by atoms with van der Waals surface area (Å²) in [5.74, 6) is -0.731. The van der Waals surface area contributed by atoms with E-state index in [1.165, 1.54) is 0 Å². The van der Waals surface area contributed by atoms with Crippen LogP contribution in [0.3, 0.4) is 0 Å². The number of rotatable bonds is 6. The number of hydrogen-bond donors (Lipinski definition) is 4. The smallest absolute Gasteiger partial charge is 0.328 e. The second-order valence-corrected chi connectivity index (χ2v) is 5.50. The summed E-state index contributed by atoms with van der Waals surface area (Å²) in [6.45, 7) is 4.41. The summed E-state index contributed by atoms with van der Waals surface area (Å²) in [6.07, 6.45) is 1.12. The molecule has 0 saturated carbocycles. The van der Waals surface area contributed by atoms with E-state index < -0.39 is 11.9 Å². The summed E-state index contributed by atoms with van der Waals surface area (Å²) < 4.78 is 5.33. The van der Waals surface area contributed by atoms with Crippen molar-refractivity contribution in [3.05, 3.63) is 48.2 Å². The normalized spacial score (nSPS) is 12.7. The number of carbonyl (C=O) groups is 2. The van der Waals surface area contributed by atoms with E-state index in [1.54, 1.807) is 0 Å². The highest BCUT2D eigenvalue weighted by molar-refractivity contribution is 5.90. The van der Waals surface area contributed by atoms with Crippen molar-refractivity contribution in [1.82, 2.24) is 10.5 Å². The van der Waals surface area contributed by atoms with E-state index in [0.29, 0.717) is 18.7 Å². The molecule has 2 aromatic rings. The molecule has 0 saturated heterocycles. The van der Waals surface area contributed by atoms with Gasteiger partial charge in [0.1, 0.15) is 5.84 Å². The Balaban J connectivity index is 0.000000279. The minimum atomic E-state index is -1.26. The van der Waals surface area contributed by atoms with Crippen molar-refractivity contribution in [2.45, 2.75) is 6.92 Å². The molecule has 0 amide bonds. The lowest BCUT2D eigenvalue weighted by molar-refractivity contribution is -0.134. The van der Waals surface area contributed by atoms with Gasteiger partial charge >= 0.3 is 11.9 Å². The number of nitrogens with one attached hydrogen (secondary N) is 2. The number of hydrogen-bond acceptors (Lipinski definition) is 7.